The van der Waals surface area contributed by atoms with Gasteiger partial charge in [0.1, 0.15) is 6.10 Å². The van der Waals surface area contributed by atoms with Crippen molar-refractivity contribution in [2.75, 3.05) is 20.8 Å². The number of rotatable bonds is 6. The summed E-state index contributed by atoms with van der Waals surface area (Å²) in [5.41, 5.74) is 7.11. The highest BCUT2D eigenvalue weighted by Crippen LogP contribution is 2.31. The standard InChI is InChI=1S/C32H45N3O7/c1-18-12-21(4)30(42-32(33)39)27(41-6)9-7-8-20(3)31(38)35-25-16-26(36)28(34-17-22-10-11-22)24(29(25)37)15-19(2)14-23(13-18)40-5/h7-9,12,16,18-19,22-23,27,30,34H,10-11,13-15,17H2,1-6H3,(H2,33,39)(H,35,38)/b9-7-,20-8+,21-12+/t18-,19?,23?,27?,30?/m0/s1. The monoisotopic (exact) mass is 583 g/mol. The van der Waals surface area contributed by atoms with Crippen molar-refractivity contribution in [2.24, 2.45) is 23.5 Å². The Bertz CT molecular complexity index is 1210. The summed E-state index contributed by atoms with van der Waals surface area (Å²) in [6, 6.07) is 0. The third kappa shape index (κ3) is 9.25. The number of primary amides is 1. The molecule has 5 atom stereocenters. The number of carbonyl (C=O) groups is 4. The number of nitrogens with one attached hydrogen (secondary N) is 2. The summed E-state index contributed by atoms with van der Waals surface area (Å²) >= 11 is 0. The maximum absolute atomic E-state index is 13.7. The molecule has 10 nitrogen and oxygen atoms in total. The largest absolute Gasteiger partial charge is 0.439 e. The number of Topliss-reactive ketones (excluding diaryl/α,β-unsaturated/α-hetero) is 1. The van der Waals surface area contributed by atoms with Crippen LogP contribution >= 0.6 is 0 Å². The van der Waals surface area contributed by atoms with Gasteiger partial charge in [0.05, 0.1) is 17.5 Å². The summed E-state index contributed by atoms with van der Waals surface area (Å²) in [6.45, 7) is 8.16. The molecule has 230 valence electrons. The minimum absolute atomic E-state index is 0.00323. The van der Waals surface area contributed by atoms with E-state index in [1.54, 1.807) is 32.3 Å². The summed E-state index contributed by atoms with van der Waals surface area (Å²) in [4.78, 5) is 51.6. The fraction of sp³-hybridized carbons (Fsp3) is 0.562. The van der Waals surface area contributed by atoms with Crippen molar-refractivity contribution in [1.82, 2.24) is 10.6 Å². The fourth-order valence-corrected chi connectivity index (χ4v) is 5.39. The zero-order valence-electron chi connectivity index (χ0n) is 25.5. The topological polar surface area (TPSA) is 146 Å². The van der Waals surface area contributed by atoms with E-state index in [9.17, 15) is 19.2 Å². The number of ether oxygens (including phenoxy) is 3. The molecule has 3 aliphatic rings. The van der Waals surface area contributed by atoms with E-state index < -0.39 is 24.2 Å². The fourth-order valence-electron chi connectivity index (χ4n) is 5.39. The van der Waals surface area contributed by atoms with Gasteiger partial charge in [-0.1, -0.05) is 38.2 Å². The van der Waals surface area contributed by atoms with Crippen molar-refractivity contribution in [3.05, 3.63) is 58.5 Å². The molecule has 4 unspecified atom stereocenters. The molecular formula is C32H45N3O7. The zero-order valence-corrected chi connectivity index (χ0v) is 25.5. The minimum atomic E-state index is -0.928. The highest BCUT2D eigenvalue weighted by Gasteiger charge is 2.33. The van der Waals surface area contributed by atoms with Crippen molar-refractivity contribution in [2.45, 2.75) is 78.1 Å². The van der Waals surface area contributed by atoms with E-state index in [0.29, 0.717) is 48.6 Å². The molecule has 42 heavy (non-hydrogen) atoms. The molecule has 0 aromatic heterocycles. The molecule has 1 aliphatic heterocycles. The van der Waals surface area contributed by atoms with Crippen molar-refractivity contribution in [3.8, 4) is 0 Å². The zero-order chi connectivity index (χ0) is 31.0. The summed E-state index contributed by atoms with van der Waals surface area (Å²) in [7, 11) is 3.14. The van der Waals surface area contributed by atoms with E-state index >= 15 is 0 Å². The summed E-state index contributed by atoms with van der Waals surface area (Å²) in [6.07, 6.45) is 9.41. The van der Waals surface area contributed by atoms with Crippen LogP contribution in [-0.4, -0.2) is 62.6 Å². The summed E-state index contributed by atoms with van der Waals surface area (Å²) in [5.74, 6) is -0.633. The number of fused-ring (bicyclic) bond motifs is 2. The van der Waals surface area contributed by atoms with Gasteiger partial charge in [-0.2, -0.15) is 0 Å². The summed E-state index contributed by atoms with van der Waals surface area (Å²) < 4.78 is 16.8. The van der Waals surface area contributed by atoms with Gasteiger partial charge in [0.25, 0.3) is 5.91 Å². The van der Waals surface area contributed by atoms with Crippen LogP contribution in [0.2, 0.25) is 0 Å². The number of carbonyl (C=O) groups excluding carboxylic acids is 4. The Morgan fingerprint density at radius 1 is 1.10 bits per heavy atom. The Labute approximate surface area is 248 Å². The van der Waals surface area contributed by atoms with Gasteiger partial charge in [0.15, 0.2) is 6.10 Å². The molecule has 2 aliphatic carbocycles. The molecule has 0 radical (unpaired) electrons. The van der Waals surface area contributed by atoms with Crippen molar-refractivity contribution in [3.63, 3.8) is 0 Å². The van der Waals surface area contributed by atoms with Crippen LogP contribution in [0.25, 0.3) is 0 Å². The molecule has 0 spiro atoms. The molecule has 4 N–H and O–H groups in total. The average molecular weight is 584 g/mol. The number of nitrogens with two attached hydrogens (primary N) is 1. The second-order valence-electron chi connectivity index (χ2n) is 11.7. The van der Waals surface area contributed by atoms with Gasteiger partial charge < -0.3 is 30.6 Å². The molecule has 3 rings (SSSR count). The maximum atomic E-state index is 13.7. The second-order valence-corrected chi connectivity index (χ2v) is 11.7. The predicted octanol–water partition coefficient (Wildman–Crippen LogP) is 3.79. The van der Waals surface area contributed by atoms with Crippen LogP contribution in [0.4, 0.5) is 4.79 Å². The van der Waals surface area contributed by atoms with Crippen molar-refractivity contribution >= 4 is 23.6 Å². The van der Waals surface area contributed by atoms with Gasteiger partial charge in [0, 0.05) is 38.0 Å². The van der Waals surface area contributed by atoms with Crippen molar-refractivity contribution < 1.29 is 33.4 Å². The van der Waals surface area contributed by atoms with Gasteiger partial charge in [0.2, 0.25) is 11.6 Å². The Kier molecular flexibility index (Phi) is 11.9. The third-order valence-corrected chi connectivity index (χ3v) is 7.86. The van der Waals surface area contributed by atoms with Gasteiger partial charge in [-0.05, 0) is 69.3 Å². The number of methoxy groups -OCH3 is 2. The quantitative estimate of drug-likeness (QED) is 0.316. The van der Waals surface area contributed by atoms with Gasteiger partial charge in [-0.15, -0.1) is 0 Å². The Morgan fingerprint density at radius 2 is 1.81 bits per heavy atom. The molecule has 1 fully saturated rings. The molecule has 1 heterocycles. The highest BCUT2D eigenvalue weighted by atomic mass is 16.6. The lowest BCUT2D eigenvalue weighted by Gasteiger charge is -2.26. The van der Waals surface area contributed by atoms with Crippen LogP contribution in [0.1, 0.15) is 59.8 Å². The third-order valence-electron chi connectivity index (χ3n) is 7.86. The van der Waals surface area contributed by atoms with Gasteiger partial charge >= 0.3 is 6.09 Å². The Morgan fingerprint density at radius 3 is 2.43 bits per heavy atom. The van der Waals surface area contributed by atoms with E-state index in [-0.39, 0.29) is 35.2 Å². The molecule has 0 saturated heterocycles. The van der Waals surface area contributed by atoms with E-state index in [1.807, 2.05) is 26.8 Å². The SMILES string of the molecule is COC1CC(C)CC2=C(NCC3CC3)C(=O)C=C(NC(=O)/C(C)=C/C=C\C(OC)C(OC(N)=O)/C(C)=C/[C@H](C)C1)C2=O. The molecule has 2 bridgehead atoms. The van der Waals surface area contributed by atoms with Crippen LogP contribution in [0.5, 0.6) is 0 Å². The van der Waals surface area contributed by atoms with E-state index in [0.717, 1.165) is 18.4 Å². The first-order valence-corrected chi connectivity index (χ1v) is 14.6. The molecule has 10 heteroatoms. The minimum Gasteiger partial charge on any atom is -0.439 e. The number of ketones is 2. The van der Waals surface area contributed by atoms with Gasteiger partial charge in [-0.3, -0.25) is 14.4 Å². The number of amides is 2. The second kappa shape index (κ2) is 15.1. The normalized spacial score (nSPS) is 31.7. The molecule has 2 amide bonds. The first-order valence-electron chi connectivity index (χ1n) is 14.6. The molecule has 0 aromatic rings. The predicted molar refractivity (Wildman–Crippen MR) is 159 cm³/mol. The number of hydrogen-bond acceptors (Lipinski definition) is 8. The smallest absolute Gasteiger partial charge is 0.405 e. The van der Waals surface area contributed by atoms with Crippen LogP contribution in [0.15, 0.2) is 58.5 Å². The molecule has 1 saturated carbocycles. The van der Waals surface area contributed by atoms with E-state index in [2.05, 4.69) is 10.6 Å². The Balaban J connectivity index is 2.00. The Hall–Kier alpha value is -3.50. The number of allylic oxidation sites excluding steroid dienone is 5. The van der Waals surface area contributed by atoms with E-state index in [4.69, 9.17) is 19.9 Å². The molecule has 0 aromatic carbocycles. The lowest BCUT2D eigenvalue weighted by molar-refractivity contribution is -0.120. The first kappa shape index (κ1) is 33.0. The first-order chi connectivity index (χ1) is 19.9. The van der Waals surface area contributed by atoms with Crippen LogP contribution in [0, 0.1) is 17.8 Å². The van der Waals surface area contributed by atoms with Crippen molar-refractivity contribution in [1.29, 1.82) is 0 Å². The van der Waals surface area contributed by atoms with Gasteiger partial charge in [-0.25, -0.2) is 4.79 Å². The van der Waals surface area contributed by atoms with Crippen LogP contribution < -0.4 is 16.4 Å². The average Bonchev–Trinajstić information content (AvgIpc) is 3.75. The summed E-state index contributed by atoms with van der Waals surface area (Å²) in [5, 5.41) is 5.87. The number of hydrogen-bond donors (Lipinski definition) is 3. The molecular weight excluding hydrogens is 538 g/mol. The van der Waals surface area contributed by atoms with Crippen LogP contribution in [-0.2, 0) is 28.6 Å². The maximum Gasteiger partial charge on any atom is 0.405 e. The van der Waals surface area contributed by atoms with Crippen LogP contribution in [0.3, 0.4) is 0 Å². The lowest BCUT2D eigenvalue weighted by Crippen LogP contribution is -2.36. The lowest BCUT2D eigenvalue weighted by atomic mass is 9.86. The van der Waals surface area contributed by atoms with E-state index in [1.165, 1.54) is 13.2 Å². The highest BCUT2D eigenvalue weighted by molar-refractivity contribution is 6.23.